The quantitative estimate of drug-likeness (QED) is 0.892. The Morgan fingerprint density at radius 2 is 2.10 bits per heavy atom. The minimum atomic E-state index is -0.0212. The third kappa shape index (κ3) is 2.39. The first-order valence-corrected chi connectivity index (χ1v) is 7.78. The zero-order valence-electron chi connectivity index (χ0n) is 12.5. The molecule has 0 amide bonds. The third-order valence-electron chi connectivity index (χ3n) is 5.13. The lowest BCUT2D eigenvalue weighted by atomic mass is 9.73. The molecule has 1 heterocycles. The van der Waals surface area contributed by atoms with E-state index in [0.29, 0.717) is 0 Å². The van der Waals surface area contributed by atoms with E-state index in [1.807, 2.05) is 18.2 Å². The second-order valence-electron chi connectivity index (χ2n) is 6.35. The SMILES string of the molecule is CCC1CCC2(CC1)C[C@H](N)c1cc(OC)ccc1O2. The Balaban J connectivity index is 1.82. The molecule has 1 aromatic rings. The molecule has 20 heavy (non-hydrogen) atoms. The van der Waals surface area contributed by atoms with Crippen molar-refractivity contribution in [3.63, 3.8) is 0 Å². The zero-order valence-corrected chi connectivity index (χ0v) is 12.5. The highest BCUT2D eigenvalue weighted by Gasteiger charge is 2.42. The Bertz CT molecular complexity index is 478. The van der Waals surface area contributed by atoms with Gasteiger partial charge < -0.3 is 15.2 Å². The monoisotopic (exact) mass is 275 g/mol. The van der Waals surface area contributed by atoms with Crippen molar-refractivity contribution in [2.45, 2.75) is 57.1 Å². The molecule has 1 fully saturated rings. The molecule has 0 bridgehead atoms. The predicted molar refractivity (Wildman–Crippen MR) is 80.1 cm³/mol. The fraction of sp³-hybridized carbons (Fsp3) is 0.647. The van der Waals surface area contributed by atoms with Crippen molar-refractivity contribution in [3.05, 3.63) is 23.8 Å². The van der Waals surface area contributed by atoms with Gasteiger partial charge in [-0.1, -0.05) is 13.3 Å². The highest BCUT2D eigenvalue weighted by Crippen LogP contribution is 2.47. The predicted octanol–water partition coefficient (Wildman–Crippen LogP) is 3.82. The van der Waals surface area contributed by atoms with Gasteiger partial charge in [0.15, 0.2) is 0 Å². The van der Waals surface area contributed by atoms with Crippen molar-refractivity contribution >= 4 is 0 Å². The van der Waals surface area contributed by atoms with Crippen LogP contribution < -0.4 is 15.2 Å². The summed E-state index contributed by atoms with van der Waals surface area (Å²) in [6, 6.07) is 6.06. The van der Waals surface area contributed by atoms with Crippen LogP contribution in [0.5, 0.6) is 11.5 Å². The summed E-state index contributed by atoms with van der Waals surface area (Å²) in [4.78, 5) is 0. The van der Waals surface area contributed by atoms with Gasteiger partial charge in [0.05, 0.1) is 7.11 Å². The second kappa shape index (κ2) is 5.28. The average Bonchev–Trinajstić information content (AvgIpc) is 2.48. The summed E-state index contributed by atoms with van der Waals surface area (Å²) in [5.74, 6) is 2.69. The van der Waals surface area contributed by atoms with E-state index in [2.05, 4.69) is 6.92 Å². The lowest BCUT2D eigenvalue weighted by Crippen LogP contribution is -2.45. The van der Waals surface area contributed by atoms with Crippen molar-refractivity contribution in [2.24, 2.45) is 11.7 Å². The number of rotatable bonds is 2. The first kappa shape index (κ1) is 13.7. The maximum Gasteiger partial charge on any atom is 0.125 e. The summed E-state index contributed by atoms with van der Waals surface area (Å²) in [5, 5.41) is 0. The van der Waals surface area contributed by atoms with E-state index >= 15 is 0 Å². The molecule has 1 aromatic carbocycles. The molecule has 3 heteroatoms. The number of methoxy groups -OCH3 is 1. The number of ether oxygens (including phenoxy) is 2. The van der Waals surface area contributed by atoms with Crippen LogP contribution >= 0.6 is 0 Å². The number of hydrogen-bond acceptors (Lipinski definition) is 3. The normalized spacial score (nSPS) is 32.5. The summed E-state index contributed by atoms with van der Waals surface area (Å²) >= 11 is 0. The molecule has 0 radical (unpaired) electrons. The minimum Gasteiger partial charge on any atom is -0.497 e. The van der Waals surface area contributed by atoms with E-state index in [-0.39, 0.29) is 11.6 Å². The van der Waals surface area contributed by atoms with Gasteiger partial charge in [-0.25, -0.2) is 0 Å². The van der Waals surface area contributed by atoms with Gasteiger partial charge in [-0.2, -0.15) is 0 Å². The fourth-order valence-corrected chi connectivity index (χ4v) is 3.74. The maximum atomic E-state index is 6.41. The summed E-state index contributed by atoms with van der Waals surface area (Å²) in [7, 11) is 1.68. The van der Waals surface area contributed by atoms with Crippen molar-refractivity contribution in [1.29, 1.82) is 0 Å². The summed E-state index contributed by atoms with van der Waals surface area (Å²) < 4.78 is 11.7. The molecule has 3 rings (SSSR count). The molecule has 1 saturated carbocycles. The maximum absolute atomic E-state index is 6.41. The standard InChI is InChI=1S/C17H25NO2/c1-3-12-6-8-17(9-7-12)11-15(18)14-10-13(19-2)4-5-16(14)20-17/h4-5,10,12,15H,3,6-9,11,18H2,1-2H3/t12?,15-,17?/m0/s1. The molecule has 1 aliphatic carbocycles. The van der Waals surface area contributed by atoms with Crippen LogP contribution in [0.3, 0.4) is 0 Å². The van der Waals surface area contributed by atoms with Crippen LogP contribution in [0.2, 0.25) is 0 Å². The van der Waals surface area contributed by atoms with Crippen LogP contribution in [-0.2, 0) is 0 Å². The third-order valence-corrected chi connectivity index (χ3v) is 5.13. The van der Waals surface area contributed by atoms with Crippen LogP contribution in [0.25, 0.3) is 0 Å². The van der Waals surface area contributed by atoms with Crippen LogP contribution in [0.15, 0.2) is 18.2 Å². The van der Waals surface area contributed by atoms with Crippen LogP contribution in [0.4, 0.5) is 0 Å². The molecule has 0 aromatic heterocycles. The van der Waals surface area contributed by atoms with Gasteiger partial charge in [0, 0.05) is 18.0 Å². The summed E-state index contributed by atoms with van der Waals surface area (Å²) in [5.41, 5.74) is 7.48. The molecule has 3 nitrogen and oxygen atoms in total. The topological polar surface area (TPSA) is 44.5 Å². The fourth-order valence-electron chi connectivity index (χ4n) is 3.74. The molecular formula is C17H25NO2. The van der Waals surface area contributed by atoms with E-state index < -0.39 is 0 Å². The molecule has 1 atom stereocenters. The van der Waals surface area contributed by atoms with E-state index in [9.17, 15) is 0 Å². The largest absolute Gasteiger partial charge is 0.497 e. The van der Waals surface area contributed by atoms with Gasteiger partial charge >= 0.3 is 0 Å². The van der Waals surface area contributed by atoms with Crippen LogP contribution in [0, 0.1) is 5.92 Å². The first-order chi connectivity index (χ1) is 9.65. The molecule has 2 aliphatic rings. The van der Waals surface area contributed by atoms with Crippen LogP contribution in [-0.4, -0.2) is 12.7 Å². The van der Waals surface area contributed by atoms with Gasteiger partial charge in [-0.05, 0) is 49.8 Å². The number of hydrogen-bond donors (Lipinski definition) is 1. The number of fused-ring (bicyclic) bond motifs is 1. The molecule has 0 unspecified atom stereocenters. The second-order valence-corrected chi connectivity index (χ2v) is 6.35. The van der Waals surface area contributed by atoms with Crippen molar-refractivity contribution in [2.75, 3.05) is 7.11 Å². The Morgan fingerprint density at radius 1 is 1.35 bits per heavy atom. The van der Waals surface area contributed by atoms with Gasteiger partial charge in [-0.15, -0.1) is 0 Å². The Labute approximate surface area is 121 Å². The van der Waals surface area contributed by atoms with Gasteiger partial charge in [-0.3, -0.25) is 0 Å². The summed E-state index contributed by atoms with van der Waals surface area (Å²) in [6.07, 6.45) is 7.05. The molecule has 0 saturated heterocycles. The van der Waals surface area contributed by atoms with Gasteiger partial charge in [0.2, 0.25) is 0 Å². The Morgan fingerprint density at radius 3 is 2.75 bits per heavy atom. The Hall–Kier alpha value is -1.22. The molecule has 2 N–H and O–H groups in total. The molecule has 1 aliphatic heterocycles. The van der Waals surface area contributed by atoms with Crippen molar-refractivity contribution < 1.29 is 9.47 Å². The lowest BCUT2D eigenvalue weighted by Gasteiger charge is -2.45. The van der Waals surface area contributed by atoms with E-state index in [1.54, 1.807) is 7.11 Å². The lowest BCUT2D eigenvalue weighted by molar-refractivity contribution is -0.0110. The van der Waals surface area contributed by atoms with Crippen molar-refractivity contribution in [1.82, 2.24) is 0 Å². The molecule has 110 valence electrons. The minimum absolute atomic E-state index is 0.0212. The van der Waals surface area contributed by atoms with E-state index in [0.717, 1.165) is 42.2 Å². The number of nitrogens with two attached hydrogens (primary N) is 1. The smallest absolute Gasteiger partial charge is 0.125 e. The van der Waals surface area contributed by atoms with E-state index in [1.165, 1.54) is 19.3 Å². The number of benzene rings is 1. The van der Waals surface area contributed by atoms with E-state index in [4.69, 9.17) is 15.2 Å². The molecule has 1 spiro atoms. The molecular weight excluding hydrogens is 250 g/mol. The van der Waals surface area contributed by atoms with Gasteiger partial charge in [0.1, 0.15) is 17.1 Å². The Kier molecular flexibility index (Phi) is 3.63. The van der Waals surface area contributed by atoms with Gasteiger partial charge in [0.25, 0.3) is 0 Å². The van der Waals surface area contributed by atoms with Crippen molar-refractivity contribution in [3.8, 4) is 11.5 Å². The zero-order chi connectivity index (χ0) is 14.2. The highest BCUT2D eigenvalue weighted by atomic mass is 16.5. The van der Waals surface area contributed by atoms with Crippen LogP contribution in [0.1, 0.15) is 57.1 Å². The highest BCUT2D eigenvalue weighted by molar-refractivity contribution is 5.44. The average molecular weight is 275 g/mol. The summed E-state index contributed by atoms with van der Waals surface area (Å²) in [6.45, 7) is 2.29. The first-order valence-electron chi connectivity index (χ1n) is 7.78.